The zero-order chi connectivity index (χ0) is 19.4. The van der Waals surface area contributed by atoms with Gasteiger partial charge in [0.05, 0.1) is 0 Å². The average molecular weight is 377 g/mol. The topological polar surface area (TPSA) is 79.6 Å². The van der Waals surface area contributed by atoms with Gasteiger partial charge in [-0.15, -0.1) is 0 Å². The first-order valence-corrected chi connectivity index (χ1v) is 9.99. The number of carbonyl (C=O) groups is 1. The maximum atomic E-state index is 12.4. The summed E-state index contributed by atoms with van der Waals surface area (Å²) >= 11 is 0. The Bertz CT molecular complexity index is 771. The summed E-state index contributed by atoms with van der Waals surface area (Å²) in [5, 5.41) is 3.08. The lowest BCUT2D eigenvalue weighted by Gasteiger charge is -2.33. The number of rotatable bonds is 5. The van der Waals surface area contributed by atoms with Crippen LogP contribution in [0, 0.1) is 5.92 Å². The number of aromatic nitrogens is 2. The van der Waals surface area contributed by atoms with Gasteiger partial charge in [0.2, 0.25) is 5.91 Å². The van der Waals surface area contributed by atoms with Crippen LogP contribution in [0.4, 0.5) is 5.82 Å². The molecule has 27 heavy (non-hydrogen) atoms. The van der Waals surface area contributed by atoms with Gasteiger partial charge in [-0.2, -0.15) is 0 Å². The molecule has 8 heteroatoms. The van der Waals surface area contributed by atoms with Gasteiger partial charge in [0.25, 0.3) is 5.56 Å². The summed E-state index contributed by atoms with van der Waals surface area (Å²) in [5.74, 6) is 0.766. The Hall–Kier alpha value is -2.09. The first kappa shape index (κ1) is 19.7. The van der Waals surface area contributed by atoms with Gasteiger partial charge in [-0.3, -0.25) is 18.7 Å². The van der Waals surface area contributed by atoms with E-state index in [9.17, 15) is 14.4 Å². The average Bonchev–Trinajstić information content (AvgIpc) is 2.70. The molecule has 0 aromatic carbocycles. The number of piperidine rings is 2. The molecule has 2 fully saturated rings. The van der Waals surface area contributed by atoms with E-state index >= 15 is 0 Å². The molecule has 1 amide bonds. The first-order chi connectivity index (χ1) is 13.0. The standard InChI is InChI=1S/C19H31N5O3/c1-21-16(14-17(25)22(2)19(21)27)24-11-6-15(7-12-24)18(26)20-8-13-23-9-4-3-5-10-23/h14-15H,3-13H2,1-2H3,(H,20,26). The largest absolute Gasteiger partial charge is 0.358 e. The molecule has 0 unspecified atom stereocenters. The summed E-state index contributed by atoms with van der Waals surface area (Å²) in [6, 6.07) is 1.50. The summed E-state index contributed by atoms with van der Waals surface area (Å²) in [5.41, 5.74) is -0.624. The predicted octanol–water partition coefficient (Wildman–Crippen LogP) is -0.0975. The molecule has 2 saturated heterocycles. The van der Waals surface area contributed by atoms with Crippen LogP contribution < -0.4 is 21.5 Å². The predicted molar refractivity (Wildman–Crippen MR) is 105 cm³/mol. The zero-order valence-corrected chi connectivity index (χ0v) is 16.4. The Labute approximate surface area is 159 Å². The summed E-state index contributed by atoms with van der Waals surface area (Å²) in [4.78, 5) is 40.9. The van der Waals surface area contributed by atoms with Gasteiger partial charge in [0, 0.05) is 52.3 Å². The van der Waals surface area contributed by atoms with Gasteiger partial charge < -0.3 is 15.1 Å². The van der Waals surface area contributed by atoms with E-state index in [1.54, 1.807) is 7.05 Å². The smallest absolute Gasteiger partial charge is 0.332 e. The fourth-order valence-electron chi connectivity index (χ4n) is 4.06. The molecular weight excluding hydrogens is 346 g/mol. The van der Waals surface area contributed by atoms with Crippen LogP contribution in [0.5, 0.6) is 0 Å². The number of nitrogens with zero attached hydrogens (tertiary/aromatic N) is 4. The fourth-order valence-corrected chi connectivity index (χ4v) is 4.06. The number of hydrogen-bond acceptors (Lipinski definition) is 5. The molecule has 2 aliphatic rings. The number of amides is 1. The quantitative estimate of drug-likeness (QED) is 0.775. The van der Waals surface area contributed by atoms with E-state index in [1.807, 2.05) is 4.90 Å². The van der Waals surface area contributed by atoms with Crippen molar-refractivity contribution in [3.8, 4) is 0 Å². The highest BCUT2D eigenvalue weighted by atomic mass is 16.2. The number of anilines is 1. The van der Waals surface area contributed by atoms with Gasteiger partial charge in [0.1, 0.15) is 5.82 Å². The highest BCUT2D eigenvalue weighted by molar-refractivity contribution is 5.78. The molecule has 1 aromatic heterocycles. The van der Waals surface area contributed by atoms with Gasteiger partial charge in [0.15, 0.2) is 0 Å². The van der Waals surface area contributed by atoms with Crippen LogP contribution in [-0.4, -0.2) is 59.2 Å². The van der Waals surface area contributed by atoms with Crippen molar-refractivity contribution in [3.05, 3.63) is 26.9 Å². The molecule has 0 radical (unpaired) electrons. The van der Waals surface area contributed by atoms with Gasteiger partial charge in [-0.05, 0) is 38.8 Å². The third kappa shape index (κ3) is 4.61. The van der Waals surface area contributed by atoms with Crippen LogP contribution in [0.2, 0.25) is 0 Å². The van der Waals surface area contributed by atoms with E-state index in [1.165, 1.54) is 36.9 Å². The lowest BCUT2D eigenvalue weighted by Crippen LogP contribution is -2.45. The van der Waals surface area contributed by atoms with Crippen molar-refractivity contribution in [2.24, 2.45) is 20.0 Å². The minimum Gasteiger partial charge on any atom is -0.358 e. The van der Waals surface area contributed by atoms with Crippen molar-refractivity contribution in [3.63, 3.8) is 0 Å². The number of carbonyl (C=O) groups excluding carboxylic acids is 1. The van der Waals surface area contributed by atoms with Gasteiger partial charge in [-0.25, -0.2) is 4.79 Å². The molecule has 0 saturated carbocycles. The Morgan fingerprint density at radius 2 is 1.70 bits per heavy atom. The van der Waals surface area contributed by atoms with Crippen LogP contribution in [0.3, 0.4) is 0 Å². The Morgan fingerprint density at radius 1 is 1.04 bits per heavy atom. The zero-order valence-electron chi connectivity index (χ0n) is 16.4. The minimum absolute atomic E-state index is 0.00572. The molecule has 0 aliphatic carbocycles. The van der Waals surface area contributed by atoms with Crippen molar-refractivity contribution in [1.29, 1.82) is 0 Å². The van der Waals surface area contributed by atoms with E-state index in [4.69, 9.17) is 0 Å². The van der Waals surface area contributed by atoms with Crippen LogP contribution in [0.1, 0.15) is 32.1 Å². The Kier molecular flexibility index (Phi) is 6.36. The molecule has 3 rings (SSSR count). The molecule has 0 bridgehead atoms. The lowest BCUT2D eigenvalue weighted by atomic mass is 9.96. The summed E-state index contributed by atoms with van der Waals surface area (Å²) < 4.78 is 2.60. The first-order valence-electron chi connectivity index (χ1n) is 9.99. The minimum atomic E-state index is -0.324. The lowest BCUT2D eigenvalue weighted by molar-refractivity contribution is -0.125. The molecule has 3 heterocycles. The van der Waals surface area contributed by atoms with Crippen molar-refractivity contribution in [2.45, 2.75) is 32.1 Å². The molecule has 1 N–H and O–H groups in total. The second-order valence-corrected chi connectivity index (χ2v) is 7.70. The molecule has 8 nitrogen and oxygen atoms in total. The Balaban J connectivity index is 1.49. The maximum Gasteiger partial charge on any atom is 0.332 e. The normalized spacial score (nSPS) is 19.3. The second kappa shape index (κ2) is 8.73. The van der Waals surface area contributed by atoms with Gasteiger partial charge in [-0.1, -0.05) is 6.42 Å². The summed E-state index contributed by atoms with van der Waals surface area (Å²) in [6.45, 7) is 5.27. The highest BCUT2D eigenvalue weighted by Gasteiger charge is 2.26. The van der Waals surface area contributed by atoms with E-state index in [2.05, 4.69) is 10.2 Å². The summed E-state index contributed by atoms with van der Waals surface area (Å²) in [7, 11) is 3.16. The van der Waals surface area contributed by atoms with Crippen molar-refractivity contribution < 1.29 is 4.79 Å². The molecule has 2 aliphatic heterocycles. The van der Waals surface area contributed by atoms with E-state index in [0.29, 0.717) is 25.5 Å². The number of hydrogen-bond donors (Lipinski definition) is 1. The summed E-state index contributed by atoms with van der Waals surface area (Å²) in [6.07, 6.45) is 5.31. The van der Waals surface area contributed by atoms with E-state index in [0.717, 1.165) is 37.0 Å². The molecule has 0 spiro atoms. The maximum absolute atomic E-state index is 12.4. The third-order valence-corrected chi connectivity index (χ3v) is 5.87. The molecule has 1 aromatic rings. The van der Waals surface area contributed by atoms with E-state index < -0.39 is 0 Å². The SMILES string of the molecule is Cn1c(N2CCC(C(=O)NCCN3CCCCC3)CC2)cc(=O)n(C)c1=O. The van der Waals surface area contributed by atoms with Crippen molar-refractivity contribution in [1.82, 2.24) is 19.4 Å². The third-order valence-electron chi connectivity index (χ3n) is 5.87. The Morgan fingerprint density at radius 3 is 2.37 bits per heavy atom. The second-order valence-electron chi connectivity index (χ2n) is 7.70. The highest BCUT2D eigenvalue weighted by Crippen LogP contribution is 2.21. The van der Waals surface area contributed by atoms with Crippen molar-refractivity contribution in [2.75, 3.05) is 44.2 Å². The van der Waals surface area contributed by atoms with Crippen LogP contribution >= 0.6 is 0 Å². The molecule has 150 valence electrons. The van der Waals surface area contributed by atoms with E-state index in [-0.39, 0.29) is 23.1 Å². The number of likely N-dealkylation sites (tertiary alicyclic amines) is 1. The van der Waals surface area contributed by atoms with Crippen LogP contribution in [-0.2, 0) is 18.9 Å². The van der Waals surface area contributed by atoms with Crippen LogP contribution in [0.15, 0.2) is 15.7 Å². The number of nitrogens with one attached hydrogen (secondary N) is 1. The molecular formula is C19H31N5O3. The van der Waals surface area contributed by atoms with Gasteiger partial charge >= 0.3 is 5.69 Å². The van der Waals surface area contributed by atoms with Crippen molar-refractivity contribution >= 4 is 11.7 Å². The molecule has 0 atom stereocenters. The monoisotopic (exact) mass is 377 g/mol. The van der Waals surface area contributed by atoms with Crippen LogP contribution in [0.25, 0.3) is 0 Å². The fraction of sp³-hybridized carbons (Fsp3) is 0.737.